The van der Waals surface area contributed by atoms with Crippen LogP contribution in [0.3, 0.4) is 0 Å². The Hall–Kier alpha value is -2.91. The van der Waals surface area contributed by atoms with Crippen LogP contribution in [0.25, 0.3) is 0 Å². The van der Waals surface area contributed by atoms with Gasteiger partial charge in [-0.05, 0) is 6.07 Å². The molecule has 1 N–H and O–H groups in total. The van der Waals surface area contributed by atoms with Crippen molar-refractivity contribution in [3.63, 3.8) is 0 Å². The number of nitrogens with zero attached hydrogens (tertiary/aromatic N) is 4. The summed E-state index contributed by atoms with van der Waals surface area (Å²) < 4.78 is 5.03. The van der Waals surface area contributed by atoms with Crippen LogP contribution in [0, 0.1) is 10.1 Å². The Morgan fingerprint density at radius 2 is 2.32 bits per heavy atom. The number of amides is 2. The quantitative estimate of drug-likeness (QED) is 0.635. The summed E-state index contributed by atoms with van der Waals surface area (Å²) in [5, 5.41) is 20.2. The highest BCUT2D eigenvalue weighted by atomic mass is 16.6. The summed E-state index contributed by atoms with van der Waals surface area (Å²) in [6, 6.07) is 0.827. The minimum Gasteiger partial charge on any atom is -0.465 e. The van der Waals surface area contributed by atoms with Crippen LogP contribution in [-0.4, -0.2) is 57.3 Å². The molecular formula is C12H12N4O6. The minimum absolute atomic E-state index is 0.146. The van der Waals surface area contributed by atoms with E-state index in [2.05, 4.69) is 4.98 Å². The predicted octanol–water partition coefficient (Wildman–Crippen LogP) is 1.07. The second-order valence-electron chi connectivity index (χ2n) is 5.00. The molecule has 0 bridgehead atoms. The SMILES string of the molecule is O=C(O)N1C(=O)O[C@H]2CCN(c3ccncc3[N+](=O)[O-])C[C@H]21. The number of aromatic nitrogens is 1. The molecular weight excluding hydrogens is 296 g/mol. The summed E-state index contributed by atoms with van der Waals surface area (Å²) in [6.07, 6.45) is 0.185. The van der Waals surface area contributed by atoms with Crippen molar-refractivity contribution in [2.75, 3.05) is 18.0 Å². The van der Waals surface area contributed by atoms with Crippen molar-refractivity contribution in [2.45, 2.75) is 18.6 Å². The van der Waals surface area contributed by atoms with Gasteiger partial charge in [-0.1, -0.05) is 0 Å². The summed E-state index contributed by atoms with van der Waals surface area (Å²) in [7, 11) is 0. The maximum absolute atomic E-state index is 11.6. The molecule has 2 aliphatic rings. The van der Waals surface area contributed by atoms with E-state index in [1.165, 1.54) is 12.3 Å². The fourth-order valence-electron chi connectivity index (χ4n) is 2.84. The smallest absolute Gasteiger partial charge is 0.420 e. The molecule has 2 aliphatic heterocycles. The number of carbonyl (C=O) groups is 2. The van der Waals surface area contributed by atoms with E-state index < -0.39 is 29.3 Å². The lowest BCUT2D eigenvalue weighted by Crippen LogP contribution is -2.52. The number of hydrogen-bond acceptors (Lipinski definition) is 7. The second kappa shape index (κ2) is 5.13. The van der Waals surface area contributed by atoms with Crippen molar-refractivity contribution >= 4 is 23.6 Å². The molecule has 0 aromatic carbocycles. The number of hydrogen-bond donors (Lipinski definition) is 1. The number of rotatable bonds is 2. The van der Waals surface area contributed by atoms with Crippen LogP contribution < -0.4 is 4.90 Å². The van der Waals surface area contributed by atoms with Gasteiger partial charge >= 0.3 is 17.9 Å². The first-order chi connectivity index (χ1) is 10.5. The normalized spacial score (nSPS) is 23.9. The molecule has 2 saturated heterocycles. The molecule has 22 heavy (non-hydrogen) atoms. The van der Waals surface area contributed by atoms with Crippen LogP contribution in [0.2, 0.25) is 0 Å². The fraction of sp³-hybridized carbons (Fsp3) is 0.417. The highest BCUT2D eigenvalue weighted by molar-refractivity contribution is 5.89. The van der Waals surface area contributed by atoms with Gasteiger partial charge in [0.05, 0.1) is 4.92 Å². The minimum atomic E-state index is -1.39. The van der Waals surface area contributed by atoms with E-state index in [1.807, 2.05) is 0 Å². The maximum atomic E-state index is 11.6. The largest absolute Gasteiger partial charge is 0.465 e. The van der Waals surface area contributed by atoms with Crippen molar-refractivity contribution in [3.05, 3.63) is 28.6 Å². The number of carbonyl (C=O) groups excluding carboxylic acids is 1. The lowest BCUT2D eigenvalue weighted by Gasteiger charge is -2.35. The van der Waals surface area contributed by atoms with E-state index in [4.69, 9.17) is 9.84 Å². The Bertz CT molecular complexity index is 650. The maximum Gasteiger partial charge on any atom is 0.420 e. The van der Waals surface area contributed by atoms with E-state index in [0.29, 0.717) is 23.6 Å². The van der Waals surface area contributed by atoms with Gasteiger partial charge in [0, 0.05) is 25.7 Å². The lowest BCUT2D eigenvalue weighted by atomic mass is 10.0. The molecule has 3 rings (SSSR count). The topological polar surface area (TPSA) is 126 Å². The first-order valence-corrected chi connectivity index (χ1v) is 6.55. The second-order valence-corrected chi connectivity index (χ2v) is 5.00. The van der Waals surface area contributed by atoms with Crippen LogP contribution >= 0.6 is 0 Å². The highest BCUT2D eigenvalue weighted by Crippen LogP contribution is 2.33. The zero-order chi connectivity index (χ0) is 15.9. The van der Waals surface area contributed by atoms with Gasteiger partial charge in [-0.3, -0.25) is 15.1 Å². The Morgan fingerprint density at radius 3 is 3.00 bits per heavy atom. The average molecular weight is 308 g/mol. The van der Waals surface area contributed by atoms with Crippen molar-refractivity contribution in [3.8, 4) is 0 Å². The summed E-state index contributed by atoms with van der Waals surface area (Å²) >= 11 is 0. The number of nitro groups is 1. The zero-order valence-corrected chi connectivity index (χ0v) is 11.3. The Balaban J connectivity index is 1.89. The van der Waals surface area contributed by atoms with E-state index in [1.54, 1.807) is 4.90 Å². The van der Waals surface area contributed by atoms with Gasteiger partial charge in [0.1, 0.15) is 24.0 Å². The molecule has 2 fully saturated rings. The fourth-order valence-corrected chi connectivity index (χ4v) is 2.84. The van der Waals surface area contributed by atoms with Crippen molar-refractivity contribution in [1.82, 2.24) is 9.88 Å². The van der Waals surface area contributed by atoms with Crippen molar-refractivity contribution < 1.29 is 24.4 Å². The third-order valence-corrected chi connectivity index (χ3v) is 3.82. The first kappa shape index (κ1) is 14.0. The molecule has 0 aliphatic carbocycles. The van der Waals surface area contributed by atoms with Gasteiger partial charge in [0.25, 0.3) is 0 Å². The van der Waals surface area contributed by atoms with Crippen LogP contribution in [0.4, 0.5) is 21.0 Å². The van der Waals surface area contributed by atoms with Crippen molar-refractivity contribution in [1.29, 1.82) is 0 Å². The van der Waals surface area contributed by atoms with Crippen LogP contribution in [0.15, 0.2) is 18.5 Å². The third-order valence-electron chi connectivity index (χ3n) is 3.82. The number of imide groups is 1. The predicted molar refractivity (Wildman–Crippen MR) is 71.6 cm³/mol. The van der Waals surface area contributed by atoms with Gasteiger partial charge in [-0.15, -0.1) is 0 Å². The monoisotopic (exact) mass is 308 g/mol. The van der Waals surface area contributed by atoms with Crippen LogP contribution in [0.1, 0.15) is 6.42 Å². The van der Waals surface area contributed by atoms with Crippen molar-refractivity contribution in [2.24, 2.45) is 0 Å². The number of anilines is 1. The summed E-state index contributed by atoms with van der Waals surface area (Å²) in [6.45, 7) is 0.570. The van der Waals surface area contributed by atoms with Gasteiger partial charge in [0.15, 0.2) is 0 Å². The molecule has 3 heterocycles. The van der Waals surface area contributed by atoms with E-state index >= 15 is 0 Å². The average Bonchev–Trinajstić information content (AvgIpc) is 2.82. The summed E-state index contributed by atoms with van der Waals surface area (Å²) in [5.41, 5.74) is 0.191. The molecule has 0 radical (unpaired) electrons. The van der Waals surface area contributed by atoms with Gasteiger partial charge in [0.2, 0.25) is 0 Å². The molecule has 0 unspecified atom stereocenters. The standard InChI is InChI=1S/C12H12N4O6/c17-11(18)15-9-6-14(4-2-10(9)22-12(15)19)7-1-3-13-5-8(7)16(20)21/h1,3,5,9-10H,2,4,6H2,(H,17,18)/t9-,10+/m1/s1. The Morgan fingerprint density at radius 1 is 1.55 bits per heavy atom. The molecule has 10 nitrogen and oxygen atoms in total. The van der Waals surface area contributed by atoms with Gasteiger partial charge in [-0.2, -0.15) is 0 Å². The number of carboxylic acid groups (broad SMARTS) is 1. The van der Waals surface area contributed by atoms with Crippen LogP contribution in [-0.2, 0) is 4.74 Å². The summed E-state index contributed by atoms with van der Waals surface area (Å²) in [4.78, 5) is 39.3. The molecule has 10 heteroatoms. The molecule has 116 valence electrons. The Labute approximate surface area is 124 Å². The molecule has 1 aromatic rings. The molecule has 1 aromatic heterocycles. The molecule has 0 spiro atoms. The van der Waals surface area contributed by atoms with E-state index in [0.717, 1.165) is 6.20 Å². The highest BCUT2D eigenvalue weighted by Gasteiger charge is 2.48. The van der Waals surface area contributed by atoms with Gasteiger partial charge in [-0.25, -0.2) is 14.5 Å². The third kappa shape index (κ3) is 2.18. The lowest BCUT2D eigenvalue weighted by molar-refractivity contribution is -0.384. The molecule has 2 atom stereocenters. The number of ether oxygens (including phenoxy) is 1. The Kier molecular flexibility index (Phi) is 3.28. The zero-order valence-electron chi connectivity index (χ0n) is 11.3. The van der Waals surface area contributed by atoms with Gasteiger partial charge < -0.3 is 14.7 Å². The van der Waals surface area contributed by atoms with E-state index in [-0.39, 0.29) is 12.2 Å². The number of piperidine rings is 1. The summed E-state index contributed by atoms with van der Waals surface area (Å²) in [5.74, 6) is 0. The number of pyridine rings is 1. The van der Waals surface area contributed by atoms with E-state index in [9.17, 15) is 19.7 Å². The van der Waals surface area contributed by atoms with Crippen LogP contribution in [0.5, 0.6) is 0 Å². The first-order valence-electron chi connectivity index (χ1n) is 6.55. The molecule has 2 amide bonds. The molecule has 0 saturated carbocycles. The number of fused-ring (bicyclic) bond motifs is 1.